The number of carboxylic acid groups (broad SMARTS) is 1. The molecule has 0 fully saturated rings. The maximum absolute atomic E-state index is 11.5. The molecule has 0 aromatic heterocycles. The quantitative estimate of drug-likeness (QED) is 0.155. The molecule has 3 aromatic carbocycles. The van der Waals surface area contributed by atoms with E-state index in [4.69, 9.17) is 14.6 Å². The van der Waals surface area contributed by atoms with E-state index in [2.05, 4.69) is 10.0 Å². The maximum atomic E-state index is 11.5. The molecule has 0 aliphatic rings. The minimum atomic E-state index is -3.58. The lowest BCUT2D eigenvalue weighted by molar-refractivity contribution is -0.139. The van der Waals surface area contributed by atoms with Gasteiger partial charge in [0.25, 0.3) is 0 Å². The predicted molar refractivity (Wildman–Crippen MR) is 147 cm³/mol. The molecule has 12 heteroatoms. The molecule has 3 rings (SSSR count). The summed E-state index contributed by atoms with van der Waals surface area (Å²) in [6.45, 7) is 2.19. The monoisotopic (exact) mass is 566 g/mol. The van der Waals surface area contributed by atoms with E-state index in [9.17, 15) is 23.4 Å². The molecule has 0 aliphatic heterocycles. The number of nitrogens with one attached hydrogen (secondary N) is 2. The molecule has 0 heterocycles. The van der Waals surface area contributed by atoms with Gasteiger partial charge >= 0.3 is 5.97 Å². The molecule has 38 heavy (non-hydrogen) atoms. The Morgan fingerprint density at radius 1 is 0.947 bits per heavy atom. The van der Waals surface area contributed by atoms with Crippen molar-refractivity contribution >= 4 is 34.1 Å². The summed E-state index contributed by atoms with van der Waals surface area (Å²) in [5, 5.41) is 32.3. The van der Waals surface area contributed by atoms with Gasteiger partial charge in [0.1, 0.15) is 23.9 Å². The van der Waals surface area contributed by atoms with E-state index in [0.29, 0.717) is 30.2 Å². The van der Waals surface area contributed by atoms with Gasteiger partial charge < -0.3 is 30.1 Å². The van der Waals surface area contributed by atoms with E-state index in [1.807, 2.05) is 36.4 Å². The Morgan fingerprint density at radius 3 is 2.03 bits per heavy atom. The Hall–Kier alpha value is -3.51. The minimum Gasteiger partial charge on any atom is -0.506 e. The van der Waals surface area contributed by atoms with Crippen molar-refractivity contribution in [3.63, 3.8) is 0 Å². The third kappa shape index (κ3) is 9.42. The standard InChI is InChI=1S/C26H30N2O8S.ClH/c1-17(26(32)20-7-12-24(29)23(15-20)28-37(2,33)34)27-13-14-35-21-8-3-18(4-9-21)19-5-10-22(11-6-19)36-16-25(30)31;/h3-12,15,17,26-29,32H,13-14,16H2,1-2H3,(H,30,31);1H/t17-,26-;/m0./s1. The van der Waals surface area contributed by atoms with Crippen molar-refractivity contribution in [1.29, 1.82) is 0 Å². The summed E-state index contributed by atoms with van der Waals surface area (Å²) >= 11 is 0. The normalized spacial score (nSPS) is 12.6. The molecule has 206 valence electrons. The molecule has 0 unspecified atom stereocenters. The van der Waals surface area contributed by atoms with E-state index in [1.165, 1.54) is 18.2 Å². The van der Waals surface area contributed by atoms with Crippen LogP contribution in [-0.4, -0.2) is 61.8 Å². The summed E-state index contributed by atoms with van der Waals surface area (Å²) in [5.74, 6) is -0.108. The third-order valence-corrected chi connectivity index (χ3v) is 5.96. The number of phenols is 1. The van der Waals surface area contributed by atoms with Crippen molar-refractivity contribution in [3.8, 4) is 28.4 Å². The van der Waals surface area contributed by atoms with Crippen LogP contribution in [0.5, 0.6) is 17.2 Å². The first-order chi connectivity index (χ1) is 17.5. The number of hydrogen-bond donors (Lipinski definition) is 5. The van der Waals surface area contributed by atoms with E-state index in [1.54, 1.807) is 19.1 Å². The number of anilines is 1. The van der Waals surface area contributed by atoms with Crippen LogP contribution in [0, 0.1) is 0 Å². The molecule has 0 aliphatic carbocycles. The minimum absolute atomic E-state index is 0. The van der Waals surface area contributed by atoms with E-state index >= 15 is 0 Å². The van der Waals surface area contributed by atoms with Crippen LogP contribution in [0.2, 0.25) is 0 Å². The van der Waals surface area contributed by atoms with Gasteiger partial charge in [0.2, 0.25) is 10.0 Å². The highest BCUT2D eigenvalue weighted by Gasteiger charge is 2.18. The summed E-state index contributed by atoms with van der Waals surface area (Å²) in [6.07, 6.45) is 0.0348. The Morgan fingerprint density at radius 2 is 1.50 bits per heavy atom. The lowest BCUT2D eigenvalue weighted by atomic mass is 10.0. The van der Waals surface area contributed by atoms with Crippen molar-refractivity contribution in [2.24, 2.45) is 0 Å². The van der Waals surface area contributed by atoms with Gasteiger partial charge in [-0.15, -0.1) is 12.4 Å². The van der Waals surface area contributed by atoms with Crippen LogP contribution in [-0.2, 0) is 14.8 Å². The number of benzene rings is 3. The third-order valence-electron chi connectivity index (χ3n) is 5.37. The zero-order chi connectivity index (χ0) is 27.0. The van der Waals surface area contributed by atoms with Crippen molar-refractivity contribution in [1.82, 2.24) is 5.32 Å². The summed E-state index contributed by atoms with van der Waals surface area (Å²) in [6, 6.07) is 18.5. The fourth-order valence-electron chi connectivity index (χ4n) is 3.51. The number of aromatic hydroxyl groups is 1. The average Bonchev–Trinajstić information content (AvgIpc) is 2.86. The number of carbonyl (C=O) groups is 1. The second-order valence-corrected chi connectivity index (χ2v) is 10.2. The zero-order valence-corrected chi connectivity index (χ0v) is 22.5. The number of aliphatic hydroxyl groups excluding tert-OH is 1. The molecule has 0 saturated heterocycles. The summed E-state index contributed by atoms with van der Waals surface area (Å²) < 4.78 is 36.1. The van der Waals surface area contributed by atoms with Crippen LogP contribution < -0.4 is 19.5 Å². The Labute approximate surface area is 227 Å². The van der Waals surface area contributed by atoms with Crippen LogP contribution in [0.25, 0.3) is 11.1 Å². The SMILES string of the molecule is C[C@H](NCCOc1ccc(-c2ccc(OCC(=O)O)cc2)cc1)[C@H](O)c1ccc(O)c(NS(C)(=O)=O)c1.Cl. The molecule has 0 radical (unpaired) electrons. The fourth-order valence-corrected chi connectivity index (χ4v) is 4.07. The lowest BCUT2D eigenvalue weighted by Crippen LogP contribution is -2.35. The van der Waals surface area contributed by atoms with Crippen molar-refractivity contribution in [2.45, 2.75) is 19.1 Å². The van der Waals surface area contributed by atoms with Gasteiger partial charge in [-0.05, 0) is 60.0 Å². The van der Waals surface area contributed by atoms with Gasteiger partial charge in [0, 0.05) is 12.6 Å². The molecule has 0 bridgehead atoms. The topological polar surface area (TPSA) is 154 Å². The Kier molecular flexibility index (Phi) is 11.2. The van der Waals surface area contributed by atoms with E-state index < -0.39 is 28.7 Å². The first-order valence-corrected chi connectivity index (χ1v) is 13.3. The summed E-state index contributed by atoms with van der Waals surface area (Å²) in [4.78, 5) is 10.6. The number of halogens is 1. The number of hydrogen-bond acceptors (Lipinski definition) is 8. The number of aliphatic carboxylic acids is 1. The summed E-state index contributed by atoms with van der Waals surface area (Å²) in [7, 11) is -3.58. The van der Waals surface area contributed by atoms with Crippen LogP contribution in [0.1, 0.15) is 18.6 Å². The number of rotatable bonds is 13. The van der Waals surface area contributed by atoms with Crippen molar-refractivity contribution in [3.05, 3.63) is 72.3 Å². The van der Waals surface area contributed by atoms with Gasteiger partial charge in [-0.2, -0.15) is 0 Å². The van der Waals surface area contributed by atoms with Gasteiger partial charge in [-0.1, -0.05) is 30.3 Å². The van der Waals surface area contributed by atoms with Crippen molar-refractivity contribution in [2.75, 3.05) is 30.7 Å². The van der Waals surface area contributed by atoms with Gasteiger partial charge in [-0.25, -0.2) is 13.2 Å². The largest absolute Gasteiger partial charge is 0.506 e. The van der Waals surface area contributed by atoms with Crippen LogP contribution >= 0.6 is 12.4 Å². The number of sulfonamides is 1. The highest BCUT2D eigenvalue weighted by Crippen LogP contribution is 2.29. The van der Waals surface area contributed by atoms with Crippen LogP contribution in [0.15, 0.2) is 66.7 Å². The molecular weight excluding hydrogens is 536 g/mol. The first kappa shape index (κ1) is 30.7. The van der Waals surface area contributed by atoms with Crippen LogP contribution in [0.3, 0.4) is 0 Å². The highest BCUT2D eigenvalue weighted by molar-refractivity contribution is 7.92. The number of ether oxygens (including phenoxy) is 2. The van der Waals surface area contributed by atoms with E-state index in [0.717, 1.165) is 17.4 Å². The van der Waals surface area contributed by atoms with Crippen LogP contribution in [0.4, 0.5) is 5.69 Å². The van der Waals surface area contributed by atoms with Crippen molar-refractivity contribution < 1.29 is 38.0 Å². The highest BCUT2D eigenvalue weighted by atomic mass is 35.5. The van der Waals surface area contributed by atoms with Gasteiger partial charge in [0.15, 0.2) is 6.61 Å². The zero-order valence-electron chi connectivity index (χ0n) is 20.8. The second-order valence-electron chi connectivity index (χ2n) is 8.42. The second kappa shape index (κ2) is 13.9. The average molecular weight is 567 g/mol. The number of aliphatic hydroxyl groups is 1. The molecule has 2 atom stereocenters. The molecule has 3 aromatic rings. The maximum Gasteiger partial charge on any atom is 0.341 e. The smallest absolute Gasteiger partial charge is 0.341 e. The molecule has 0 amide bonds. The predicted octanol–water partition coefficient (Wildman–Crippen LogP) is 3.41. The Bertz CT molecular complexity index is 1300. The summed E-state index contributed by atoms with van der Waals surface area (Å²) in [5.41, 5.74) is 2.36. The molecule has 10 nitrogen and oxygen atoms in total. The van der Waals surface area contributed by atoms with Gasteiger partial charge in [-0.3, -0.25) is 4.72 Å². The molecule has 5 N–H and O–H groups in total. The molecular formula is C26H31ClN2O8S. The Balaban J connectivity index is 0.00000507. The molecule has 0 saturated carbocycles. The number of carboxylic acids is 1. The fraction of sp³-hybridized carbons (Fsp3) is 0.269. The molecule has 0 spiro atoms. The lowest BCUT2D eigenvalue weighted by Gasteiger charge is -2.21. The number of phenolic OH excluding ortho intramolecular Hbond substituents is 1. The first-order valence-electron chi connectivity index (χ1n) is 11.4. The van der Waals surface area contributed by atoms with Gasteiger partial charge in [0.05, 0.1) is 18.0 Å². The van der Waals surface area contributed by atoms with E-state index in [-0.39, 0.29) is 29.9 Å².